The highest BCUT2D eigenvalue weighted by atomic mass is 35.5. The van der Waals surface area contributed by atoms with Crippen LogP contribution in [-0.2, 0) is 4.79 Å². The van der Waals surface area contributed by atoms with Crippen LogP contribution in [-0.4, -0.2) is 31.8 Å². The molecule has 28 heavy (non-hydrogen) atoms. The summed E-state index contributed by atoms with van der Waals surface area (Å²) < 4.78 is 0. The van der Waals surface area contributed by atoms with E-state index in [0.717, 1.165) is 16.8 Å². The first kappa shape index (κ1) is 18.7. The van der Waals surface area contributed by atoms with E-state index >= 15 is 0 Å². The van der Waals surface area contributed by atoms with Crippen LogP contribution in [0.15, 0.2) is 65.1 Å². The summed E-state index contributed by atoms with van der Waals surface area (Å²) in [5.74, 6) is 0.714. The van der Waals surface area contributed by atoms with Gasteiger partial charge in [0.1, 0.15) is 0 Å². The molecule has 0 unspecified atom stereocenters. The van der Waals surface area contributed by atoms with Gasteiger partial charge in [-0.1, -0.05) is 65.8 Å². The zero-order valence-electron chi connectivity index (χ0n) is 14.4. The lowest BCUT2D eigenvalue weighted by Gasteiger charge is -2.00. The molecule has 0 bridgehead atoms. The molecular formula is C19H14ClN5OS2. The van der Waals surface area contributed by atoms with Gasteiger partial charge in [-0.3, -0.25) is 9.89 Å². The highest BCUT2D eigenvalue weighted by Gasteiger charge is 2.11. The number of anilines is 1. The van der Waals surface area contributed by atoms with E-state index in [1.54, 1.807) is 0 Å². The molecule has 0 spiro atoms. The molecule has 4 rings (SSSR count). The normalized spacial score (nSPS) is 10.8. The molecule has 140 valence electrons. The van der Waals surface area contributed by atoms with Crippen molar-refractivity contribution in [2.45, 2.75) is 5.16 Å². The van der Waals surface area contributed by atoms with Crippen molar-refractivity contribution in [1.82, 2.24) is 20.2 Å². The van der Waals surface area contributed by atoms with Crippen LogP contribution in [0.4, 0.5) is 5.13 Å². The highest BCUT2D eigenvalue weighted by Crippen LogP contribution is 2.26. The van der Waals surface area contributed by atoms with Crippen LogP contribution >= 0.6 is 34.7 Å². The number of nitrogens with one attached hydrogen (secondary N) is 2. The zero-order valence-corrected chi connectivity index (χ0v) is 16.8. The second kappa shape index (κ2) is 8.55. The molecule has 1 amide bonds. The number of thioether (sulfide) groups is 1. The summed E-state index contributed by atoms with van der Waals surface area (Å²) in [4.78, 5) is 21.1. The fourth-order valence-corrected chi connectivity index (χ4v) is 3.87. The summed E-state index contributed by atoms with van der Waals surface area (Å²) in [5.41, 5.74) is 2.69. The quantitative estimate of drug-likeness (QED) is 0.424. The molecule has 0 saturated carbocycles. The average Bonchev–Trinajstić information content (AvgIpc) is 3.37. The fourth-order valence-electron chi connectivity index (χ4n) is 2.41. The number of hydrogen-bond acceptors (Lipinski definition) is 6. The van der Waals surface area contributed by atoms with Crippen molar-refractivity contribution < 1.29 is 4.79 Å². The maximum absolute atomic E-state index is 12.2. The first-order valence-electron chi connectivity index (χ1n) is 8.29. The van der Waals surface area contributed by atoms with E-state index in [1.165, 1.54) is 23.1 Å². The molecule has 0 aliphatic carbocycles. The number of carbonyl (C=O) groups is 1. The fraction of sp³-hybridized carbons (Fsp3) is 0.0526. The summed E-state index contributed by atoms with van der Waals surface area (Å²) in [5, 5.41) is 13.5. The molecular weight excluding hydrogens is 414 g/mol. The molecule has 9 heteroatoms. The highest BCUT2D eigenvalue weighted by molar-refractivity contribution is 7.99. The Kier molecular flexibility index (Phi) is 5.70. The molecule has 2 aromatic carbocycles. The van der Waals surface area contributed by atoms with Crippen LogP contribution in [0.3, 0.4) is 0 Å². The Hall–Kier alpha value is -2.68. The van der Waals surface area contributed by atoms with Crippen molar-refractivity contribution in [3.8, 4) is 22.6 Å². The van der Waals surface area contributed by atoms with Crippen molar-refractivity contribution >= 4 is 45.7 Å². The molecule has 2 N–H and O–H groups in total. The van der Waals surface area contributed by atoms with Crippen LogP contribution < -0.4 is 5.32 Å². The third-order valence-corrected chi connectivity index (χ3v) is 5.59. The summed E-state index contributed by atoms with van der Waals surface area (Å²) in [6.07, 6.45) is 0. The number of carbonyl (C=O) groups excluding carboxylic acids is 1. The number of H-pyrrole nitrogens is 1. The topological polar surface area (TPSA) is 83.6 Å². The van der Waals surface area contributed by atoms with E-state index < -0.39 is 0 Å². The molecule has 2 heterocycles. The first-order valence-corrected chi connectivity index (χ1v) is 10.5. The van der Waals surface area contributed by atoms with E-state index in [0.29, 0.717) is 21.1 Å². The van der Waals surface area contributed by atoms with Crippen molar-refractivity contribution in [3.05, 3.63) is 65.0 Å². The summed E-state index contributed by atoms with van der Waals surface area (Å²) in [7, 11) is 0. The van der Waals surface area contributed by atoms with E-state index in [2.05, 4.69) is 25.5 Å². The molecule has 2 aromatic heterocycles. The minimum atomic E-state index is -0.159. The number of amides is 1. The number of benzene rings is 2. The van der Waals surface area contributed by atoms with E-state index in [9.17, 15) is 4.79 Å². The molecule has 6 nitrogen and oxygen atoms in total. The lowest BCUT2D eigenvalue weighted by Crippen LogP contribution is -2.13. The van der Waals surface area contributed by atoms with Crippen molar-refractivity contribution in [3.63, 3.8) is 0 Å². The summed E-state index contributed by atoms with van der Waals surface area (Å²) >= 11 is 8.55. The number of rotatable bonds is 6. The van der Waals surface area contributed by atoms with Gasteiger partial charge in [-0.15, -0.1) is 16.4 Å². The Labute approximate surface area is 174 Å². The predicted octanol–water partition coefficient (Wildman–Crippen LogP) is 4.98. The third kappa shape index (κ3) is 4.59. The molecule has 0 atom stereocenters. The van der Waals surface area contributed by atoms with Crippen LogP contribution in [0.2, 0.25) is 5.02 Å². The minimum Gasteiger partial charge on any atom is -0.301 e. The molecule has 0 radical (unpaired) electrons. The van der Waals surface area contributed by atoms with E-state index in [-0.39, 0.29) is 11.7 Å². The van der Waals surface area contributed by atoms with Gasteiger partial charge in [0, 0.05) is 21.5 Å². The van der Waals surface area contributed by atoms with Crippen LogP contribution in [0.5, 0.6) is 0 Å². The smallest absolute Gasteiger partial charge is 0.236 e. The van der Waals surface area contributed by atoms with Crippen molar-refractivity contribution in [1.29, 1.82) is 0 Å². The summed E-state index contributed by atoms with van der Waals surface area (Å²) in [6.45, 7) is 0. The Balaban J connectivity index is 1.33. The number of thiazole rings is 1. The lowest BCUT2D eigenvalue weighted by atomic mass is 10.2. The SMILES string of the molecule is O=C(CSc1n[nH]c(-c2ccccc2)n1)Nc1nc(-c2ccc(Cl)cc2)cs1. The largest absolute Gasteiger partial charge is 0.301 e. The third-order valence-electron chi connectivity index (χ3n) is 3.74. The average molecular weight is 428 g/mol. The first-order chi connectivity index (χ1) is 13.7. The van der Waals surface area contributed by atoms with Gasteiger partial charge in [-0.2, -0.15) is 0 Å². The van der Waals surface area contributed by atoms with Crippen molar-refractivity contribution in [2.75, 3.05) is 11.1 Å². The number of aromatic amines is 1. The minimum absolute atomic E-state index is 0.159. The van der Waals surface area contributed by atoms with E-state index in [4.69, 9.17) is 11.6 Å². The summed E-state index contributed by atoms with van der Waals surface area (Å²) in [6, 6.07) is 17.1. The predicted molar refractivity (Wildman–Crippen MR) is 114 cm³/mol. The molecule has 0 fully saturated rings. The van der Waals surface area contributed by atoms with Gasteiger partial charge < -0.3 is 5.32 Å². The standard InChI is InChI=1S/C19H14ClN5OS2/c20-14-8-6-12(7-9-14)15-10-27-18(21-15)22-16(26)11-28-19-23-17(24-25-19)13-4-2-1-3-5-13/h1-10H,11H2,(H,21,22,26)(H,23,24,25). The monoisotopic (exact) mass is 427 g/mol. The number of halogens is 1. The van der Waals surface area contributed by atoms with Gasteiger partial charge in [0.15, 0.2) is 11.0 Å². The van der Waals surface area contributed by atoms with Gasteiger partial charge in [0.2, 0.25) is 11.1 Å². The maximum atomic E-state index is 12.2. The van der Waals surface area contributed by atoms with Crippen LogP contribution in [0, 0.1) is 0 Å². The number of nitrogens with zero attached hydrogens (tertiary/aromatic N) is 3. The van der Waals surface area contributed by atoms with E-state index in [1.807, 2.05) is 60.0 Å². The van der Waals surface area contributed by atoms with Gasteiger partial charge in [-0.05, 0) is 12.1 Å². The second-order valence-corrected chi connectivity index (χ2v) is 7.95. The van der Waals surface area contributed by atoms with Crippen molar-refractivity contribution in [2.24, 2.45) is 0 Å². The maximum Gasteiger partial charge on any atom is 0.236 e. The zero-order chi connectivity index (χ0) is 19.3. The van der Waals surface area contributed by atoms with Crippen LogP contribution in [0.1, 0.15) is 0 Å². The van der Waals surface area contributed by atoms with Gasteiger partial charge >= 0.3 is 0 Å². The van der Waals surface area contributed by atoms with Gasteiger partial charge in [0.25, 0.3) is 0 Å². The molecule has 0 aliphatic rings. The van der Waals surface area contributed by atoms with Gasteiger partial charge in [-0.25, -0.2) is 9.97 Å². The molecule has 4 aromatic rings. The molecule has 0 saturated heterocycles. The number of aromatic nitrogens is 4. The number of hydrogen-bond donors (Lipinski definition) is 2. The van der Waals surface area contributed by atoms with Gasteiger partial charge in [0.05, 0.1) is 11.4 Å². The Morgan fingerprint density at radius 3 is 2.64 bits per heavy atom. The Morgan fingerprint density at radius 1 is 1.07 bits per heavy atom. The Morgan fingerprint density at radius 2 is 1.86 bits per heavy atom. The Bertz CT molecular complexity index is 1080. The lowest BCUT2D eigenvalue weighted by molar-refractivity contribution is -0.113. The van der Waals surface area contributed by atoms with Crippen LogP contribution in [0.25, 0.3) is 22.6 Å². The molecule has 0 aliphatic heterocycles. The second-order valence-electron chi connectivity index (χ2n) is 5.71.